The van der Waals surface area contributed by atoms with Gasteiger partial charge in [0, 0.05) is 44.9 Å². The van der Waals surface area contributed by atoms with Gasteiger partial charge in [-0.05, 0) is 25.8 Å². The third-order valence-corrected chi connectivity index (χ3v) is 4.60. The highest BCUT2D eigenvalue weighted by molar-refractivity contribution is 6.05. The fourth-order valence-electron chi connectivity index (χ4n) is 3.01. The molecule has 0 radical (unpaired) electrons. The molecule has 1 fully saturated rings. The van der Waals surface area contributed by atoms with E-state index in [0.29, 0.717) is 32.8 Å². The van der Waals surface area contributed by atoms with Crippen LogP contribution in [-0.2, 0) is 11.3 Å². The van der Waals surface area contributed by atoms with Crippen molar-refractivity contribution in [2.45, 2.75) is 32.2 Å². The summed E-state index contributed by atoms with van der Waals surface area (Å²) >= 11 is 0. The molecule has 0 aromatic carbocycles. The number of fused-ring (bicyclic) bond motifs is 1. The van der Waals surface area contributed by atoms with Crippen LogP contribution in [0.2, 0.25) is 0 Å². The predicted molar refractivity (Wildman–Crippen MR) is 116 cm³/mol. The van der Waals surface area contributed by atoms with E-state index in [0.717, 1.165) is 18.5 Å². The molecule has 2 aromatic heterocycles. The molecule has 0 spiro atoms. The Morgan fingerprint density at radius 2 is 2.00 bits per heavy atom. The van der Waals surface area contributed by atoms with Crippen LogP contribution in [0.15, 0.2) is 15.7 Å². The summed E-state index contributed by atoms with van der Waals surface area (Å²) in [4.78, 5) is 44.1. The van der Waals surface area contributed by atoms with Gasteiger partial charge in [-0.15, -0.1) is 24.8 Å². The SMILES string of the molecule is CCn1c(=O)[nH]c(=O)c2c(C(=O)NCCNCCOC)cc(C3CC3)nc21.Cl.Cl. The number of rotatable bonds is 9. The Morgan fingerprint density at radius 1 is 1.28 bits per heavy atom. The topological polar surface area (TPSA) is 118 Å². The first-order valence-electron chi connectivity index (χ1n) is 9.22. The number of aromatic nitrogens is 3. The largest absolute Gasteiger partial charge is 0.383 e. The zero-order valence-corrected chi connectivity index (χ0v) is 18.1. The smallest absolute Gasteiger partial charge is 0.329 e. The van der Waals surface area contributed by atoms with Crippen molar-refractivity contribution < 1.29 is 9.53 Å². The van der Waals surface area contributed by atoms with E-state index in [1.807, 2.05) is 0 Å². The number of nitrogens with zero attached hydrogens (tertiary/aromatic N) is 2. The van der Waals surface area contributed by atoms with Crippen molar-refractivity contribution in [3.05, 3.63) is 38.2 Å². The number of carbonyl (C=O) groups is 1. The number of methoxy groups -OCH3 is 1. The molecule has 0 saturated heterocycles. The maximum Gasteiger partial charge on any atom is 0.329 e. The van der Waals surface area contributed by atoms with Crippen molar-refractivity contribution in [1.82, 2.24) is 25.2 Å². The van der Waals surface area contributed by atoms with E-state index in [4.69, 9.17) is 4.74 Å². The monoisotopic (exact) mass is 447 g/mol. The molecule has 0 atom stereocenters. The van der Waals surface area contributed by atoms with Gasteiger partial charge in [0.2, 0.25) is 0 Å². The van der Waals surface area contributed by atoms with Crippen LogP contribution in [0, 0.1) is 0 Å². The molecule has 3 rings (SSSR count). The summed E-state index contributed by atoms with van der Waals surface area (Å²) in [5, 5.41) is 6.12. The lowest BCUT2D eigenvalue weighted by molar-refractivity contribution is 0.0955. The molecular weight excluding hydrogens is 421 g/mol. The number of ether oxygens (including phenoxy) is 1. The molecule has 29 heavy (non-hydrogen) atoms. The van der Waals surface area contributed by atoms with E-state index < -0.39 is 11.2 Å². The van der Waals surface area contributed by atoms with Crippen molar-refractivity contribution in [3.8, 4) is 0 Å². The minimum atomic E-state index is -0.585. The van der Waals surface area contributed by atoms with E-state index in [-0.39, 0.29) is 53.2 Å². The van der Waals surface area contributed by atoms with E-state index >= 15 is 0 Å². The van der Waals surface area contributed by atoms with E-state index in [2.05, 4.69) is 20.6 Å². The van der Waals surface area contributed by atoms with E-state index in [1.165, 1.54) is 4.57 Å². The molecule has 0 bridgehead atoms. The lowest BCUT2D eigenvalue weighted by Crippen LogP contribution is -2.35. The molecule has 162 valence electrons. The van der Waals surface area contributed by atoms with Crippen LogP contribution in [0.1, 0.15) is 41.7 Å². The molecule has 9 nitrogen and oxygen atoms in total. The summed E-state index contributed by atoms with van der Waals surface area (Å²) in [6.07, 6.45) is 2.01. The summed E-state index contributed by atoms with van der Waals surface area (Å²) in [5.74, 6) is -0.0546. The zero-order valence-electron chi connectivity index (χ0n) is 16.4. The molecule has 0 unspecified atom stereocenters. The molecule has 11 heteroatoms. The van der Waals surface area contributed by atoms with Crippen LogP contribution in [0.4, 0.5) is 0 Å². The Bertz CT molecular complexity index is 956. The molecular formula is C18H27Cl2N5O4. The van der Waals surface area contributed by atoms with Gasteiger partial charge >= 0.3 is 5.69 Å². The highest BCUT2D eigenvalue weighted by atomic mass is 35.5. The Morgan fingerprint density at radius 3 is 2.62 bits per heavy atom. The number of H-pyrrole nitrogens is 1. The number of carbonyl (C=O) groups excluding carboxylic acids is 1. The average molecular weight is 448 g/mol. The molecule has 1 amide bonds. The molecule has 0 aliphatic heterocycles. The van der Waals surface area contributed by atoms with Crippen molar-refractivity contribution in [1.29, 1.82) is 0 Å². The number of aryl methyl sites for hydroxylation is 1. The quantitative estimate of drug-likeness (QED) is 0.489. The lowest BCUT2D eigenvalue weighted by atomic mass is 10.1. The van der Waals surface area contributed by atoms with Crippen LogP contribution in [0.5, 0.6) is 0 Å². The van der Waals surface area contributed by atoms with Crippen LogP contribution >= 0.6 is 24.8 Å². The number of amides is 1. The Kier molecular flexibility index (Phi) is 9.78. The lowest BCUT2D eigenvalue weighted by Gasteiger charge is -2.12. The zero-order chi connectivity index (χ0) is 19.4. The number of hydrogen-bond donors (Lipinski definition) is 3. The maximum absolute atomic E-state index is 12.7. The number of halogens is 2. The van der Waals surface area contributed by atoms with Crippen LogP contribution in [0.25, 0.3) is 11.0 Å². The first-order valence-corrected chi connectivity index (χ1v) is 9.22. The fourth-order valence-corrected chi connectivity index (χ4v) is 3.01. The van der Waals surface area contributed by atoms with Crippen LogP contribution < -0.4 is 21.9 Å². The Labute approximate surface area is 180 Å². The summed E-state index contributed by atoms with van der Waals surface area (Å²) in [6.45, 7) is 4.45. The Hall–Kier alpha value is -1.94. The standard InChI is InChI=1S/C18H25N5O4.2ClH/c1-3-23-15-14(17(25)22-18(23)26)12(10-13(21-15)11-4-5-11)16(24)20-7-6-19-8-9-27-2;;/h10-11,19H,3-9H2,1-2H3,(H,20,24)(H,22,25,26);2*1H. The normalized spacial score (nSPS) is 12.9. The van der Waals surface area contributed by atoms with Gasteiger partial charge < -0.3 is 15.4 Å². The maximum atomic E-state index is 12.7. The number of nitrogens with one attached hydrogen (secondary N) is 3. The van der Waals surface area contributed by atoms with Crippen molar-refractivity contribution >= 4 is 41.8 Å². The van der Waals surface area contributed by atoms with Gasteiger partial charge in [-0.2, -0.15) is 0 Å². The molecule has 1 aliphatic carbocycles. The van der Waals surface area contributed by atoms with Gasteiger partial charge in [-0.3, -0.25) is 19.1 Å². The number of hydrogen-bond acceptors (Lipinski definition) is 6. The fraction of sp³-hybridized carbons (Fsp3) is 0.556. The number of pyridine rings is 1. The molecule has 3 N–H and O–H groups in total. The van der Waals surface area contributed by atoms with Crippen LogP contribution in [0.3, 0.4) is 0 Å². The number of aromatic amines is 1. The predicted octanol–water partition coefficient (Wildman–Crippen LogP) is 0.791. The minimum absolute atomic E-state index is 0. The van der Waals surface area contributed by atoms with E-state index in [1.54, 1.807) is 20.1 Å². The summed E-state index contributed by atoms with van der Waals surface area (Å²) in [6, 6.07) is 1.69. The molecule has 1 saturated carbocycles. The van der Waals surface area contributed by atoms with E-state index in [9.17, 15) is 14.4 Å². The van der Waals surface area contributed by atoms with Gasteiger partial charge in [0.05, 0.1) is 17.6 Å². The minimum Gasteiger partial charge on any atom is -0.383 e. The van der Waals surface area contributed by atoms with Gasteiger partial charge in [0.25, 0.3) is 11.5 Å². The van der Waals surface area contributed by atoms with Gasteiger partial charge in [-0.25, -0.2) is 9.78 Å². The van der Waals surface area contributed by atoms with Crippen molar-refractivity contribution in [2.24, 2.45) is 0 Å². The summed E-state index contributed by atoms with van der Waals surface area (Å²) in [5.41, 5.74) is 0.210. The van der Waals surface area contributed by atoms with Gasteiger partial charge in [-0.1, -0.05) is 0 Å². The van der Waals surface area contributed by atoms with Crippen molar-refractivity contribution in [2.75, 3.05) is 33.4 Å². The first-order chi connectivity index (χ1) is 13.1. The molecule has 1 aliphatic rings. The first kappa shape index (κ1) is 25.1. The second-order valence-electron chi connectivity index (χ2n) is 6.57. The van der Waals surface area contributed by atoms with Crippen molar-refractivity contribution in [3.63, 3.8) is 0 Å². The van der Waals surface area contributed by atoms with Crippen LogP contribution in [-0.4, -0.2) is 53.8 Å². The van der Waals surface area contributed by atoms with Gasteiger partial charge in [0.1, 0.15) is 0 Å². The summed E-state index contributed by atoms with van der Waals surface area (Å²) in [7, 11) is 1.63. The average Bonchev–Trinajstić information content (AvgIpc) is 3.49. The summed E-state index contributed by atoms with van der Waals surface area (Å²) < 4.78 is 6.34. The molecule has 2 heterocycles. The highest BCUT2D eigenvalue weighted by Crippen LogP contribution is 2.39. The highest BCUT2D eigenvalue weighted by Gasteiger charge is 2.28. The Balaban J connectivity index is 0.00000210. The molecule has 2 aromatic rings. The van der Waals surface area contributed by atoms with Gasteiger partial charge in [0.15, 0.2) is 5.65 Å². The second kappa shape index (κ2) is 11.3. The third-order valence-electron chi connectivity index (χ3n) is 4.60. The second-order valence-corrected chi connectivity index (χ2v) is 6.57. The third kappa shape index (κ3) is 5.79.